The van der Waals surface area contributed by atoms with Crippen LogP contribution in [0, 0.1) is 11.6 Å². The van der Waals surface area contributed by atoms with Crippen molar-refractivity contribution in [3.63, 3.8) is 0 Å². The van der Waals surface area contributed by atoms with Gasteiger partial charge in [-0.3, -0.25) is 0 Å². The molecule has 2 atom stereocenters. The van der Waals surface area contributed by atoms with Crippen LogP contribution >= 0.6 is 0 Å². The Labute approximate surface area is 87.5 Å². The third kappa shape index (κ3) is 2.97. The van der Waals surface area contributed by atoms with E-state index in [-0.39, 0.29) is 0 Å². The van der Waals surface area contributed by atoms with E-state index in [1.54, 1.807) is 13.8 Å². The first-order valence-electron chi connectivity index (χ1n) is 4.81. The van der Waals surface area contributed by atoms with Crippen LogP contribution in [0.1, 0.15) is 25.5 Å². The minimum atomic E-state index is -0.963. The summed E-state index contributed by atoms with van der Waals surface area (Å²) in [7, 11) is 0. The molecule has 0 aliphatic heterocycles. The van der Waals surface area contributed by atoms with E-state index in [0.29, 0.717) is 12.2 Å². The second-order valence-electron chi connectivity index (χ2n) is 3.28. The molecule has 2 nitrogen and oxygen atoms in total. The maximum atomic E-state index is 12.9. The molecule has 2 unspecified atom stereocenters. The Balaban J connectivity index is 2.81. The van der Waals surface area contributed by atoms with E-state index in [1.807, 2.05) is 0 Å². The lowest BCUT2D eigenvalue weighted by Gasteiger charge is -2.19. The number of hydrogen-bond acceptors (Lipinski definition) is 2. The molecule has 0 aliphatic rings. The number of ether oxygens (including phenoxy) is 1. The fraction of sp³-hybridized carbons (Fsp3) is 0.455. The lowest BCUT2D eigenvalue weighted by Crippen LogP contribution is -2.18. The summed E-state index contributed by atoms with van der Waals surface area (Å²) in [6.07, 6.45) is -1.39. The maximum Gasteiger partial charge on any atom is 0.159 e. The Kier molecular flexibility index (Phi) is 4.17. The van der Waals surface area contributed by atoms with Crippen LogP contribution in [0.4, 0.5) is 8.78 Å². The Morgan fingerprint density at radius 1 is 1.33 bits per heavy atom. The molecule has 1 N–H and O–H groups in total. The van der Waals surface area contributed by atoms with Crippen molar-refractivity contribution in [1.29, 1.82) is 0 Å². The smallest absolute Gasteiger partial charge is 0.159 e. The molecular formula is C11H14F2O2. The molecule has 0 heterocycles. The van der Waals surface area contributed by atoms with Crippen LogP contribution in [-0.2, 0) is 4.74 Å². The largest absolute Gasteiger partial charge is 0.386 e. The monoisotopic (exact) mass is 216 g/mol. The van der Waals surface area contributed by atoms with Crippen molar-refractivity contribution in [2.75, 3.05) is 6.61 Å². The van der Waals surface area contributed by atoms with Gasteiger partial charge in [-0.05, 0) is 31.5 Å². The van der Waals surface area contributed by atoms with Gasteiger partial charge < -0.3 is 9.84 Å². The molecule has 0 saturated carbocycles. The summed E-state index contributed by atoms with van der Waals surface area (Å²) in [6.45, 7) is 3.94. The second-order valence-corrected chi connectivity index (χ2v) is 3.28. The highest BCUT2D eigenvalue weighted by atomic mass is 19.2. The van der Waals surface area contributed by atoms with Crippen LogP contribution in [0.5, 0.6) is 0 Å². The van der Waals surface area contributed by atoms with Crippen molar-refractivity contribution in [1.82, 2.24) is 0 Å². The molecule has 1 rings (SSSR count). The highest BCUT2D eigenvalue weighted by Crippen LogP contribution is 2.20. The van der Waals surface area contributed by atoms with Crippen LogP contribution < -0.4 is 0 Å². The van der Waals surface area contributed by atoms with Crippen molar-refractivity contribution in [3.05, 3.63) is 35.4 Å². The fourth-order valence-electron chi connectivity index (χ4n) is 1.32. The molecule has 0 spiro atoms. The molecule has 0 fully saturated rings. The van der Waals surface area contributed by atoms with Gasteiger partial charge in [-0.15, -0.1) is 0 Å². The van der Waals surface area contributed by atoms with Crippen molar-refractivity contribution in [3.8, 4) is 0 Å². The van der Waals surface area contributed by atoms with E-state index >= 15 is 0 Å². The Hall–Kier alpha value is -1.00. The van der Waals surface area contributed by atoms with E-state index in [9.17, 15) is 13.9 Å². The molecule has 84 valence electrons. The normalized spacial score (nSPS) is 15.0. The summed E-state index contributed by atoms with van der Waals surface area (Å²) in [5, 5.41) is 9.72. The highest BCUT2D eigenvalue weighted by Gasteiger charge is 2.17. The second kappa shape index (κ2) is 5.19. The standard InChI is InChI=1S/C11H14F2O2/c1-3-15-7(2)11(14)8-4-5-9(12)10(13)6-8/h4-7,11,14H,3H2,1-2H3. The number of halogens is 2. The Morgan fingerprint density at radius 2 is 2.00 bits per heavy atom. The molecular weight excluding hydrogens is 202 g/mol. The van der Waals surface area contributed by atoms with Crippen molar-refractivity contribution >= 4 is 0 Å². The third-order valence-corrected chi connectivity index (χ3v) is 2.16. The zero-order valence-electron chi connectivity index (χ0n) is 8.71. The van der Waals surface area contributed by atoms with E-state index in [4.69, 9.17) is 4.74 Å². The SMILES string of the molecule is CCOC(C)C(O)c1ccc(F)c(F)c1. The third-order valence-electron chi connectivity index (χ3n) is 2.16. The Morgan fingerprint density at radius 3 is 2.53 bits per heavy atom. The number of benzene rings is 1. The van der Waals surface area contributed by atoms with Gasteiger partial charge in [-0.25, -0.2) is 8.78 Å². The topological polar surface area (TPSA) is 29.5 Å². The average molecular weight is 216 g/mol. The van der Waals surface area contributed by atoms with Crippen LogP contribution in [0.3, 0.4) is 0 Å². The van der Waals surface area contributed by atoms with Crippen LogP contribution in [0.15, 0.2) is 18.2 Å². The minimum Gasteiger partial charge on any atom is -0.386 e. The molecule has 0 radical (unpaired) electrons. The minimum absolute atomic E-state index is 0.315. The first kappa shape index (κ1) is 12.1. The highest BCUT2D eigenvalue weighted by molar-refractivity contribution is 5.20. The summed E-state index contributed by atoms with van der Waals surface area (Å²) >= 11 is 0. The van der Waals surface area contributed by atoms with E-state index in [0.717, 1.165) is 12.1 Å². The summed E-state index contributed by atoms with van der Waals surface area (Å²) in [6, 6.07) is 3.32. The predicted octanol–water partition coefficient (Wildman–Crippen LogP) is 2.42. The summed E-state index contributed by atoms with van der Waals surface area (Å²) < 4.78 is 30.6. The molecule has 1 aromatic rings. The molecule has 0 saturated heterocycles. The van der Waals surface area contributed by atoms with Gasteiger partial charge in [-0.1, -0.05) is 6.07 Å². The van der Waals surface area contributed by atoms with Crippen LogP contribution in [0.25, 0.3) is 0 Å². The van der Waals surface area contributed by atoms with Gasteiger partial charge in [0.2, 0.25) is 0 Å². The van der Waals surface area contributed by atoms with Gasteiger partial charge >= 0.3 is 0 Å². The first-order valence-corrected chi connectivity index (χ1v) is 4.81. The lowest BCUT2D eigenvalue weighted by molar-refractivity contribution is -0.0229. The zero-order valence-corrected chi connectivity index (χ0v) is 8.71. The Bertz CT molecular complexity index is 328. The molecule has 0 aliphatic carbocycles. The molecule has 0 amide bonds. The van der Waals surface area contributed by atoms with Gasteiger partial charge in [0.25, 0.3) is 0 Å². The van der Waals surface area contributed by atoms with E-state index in [1.165, 1.54) is 6.07 Å². The van der Waals surface area contributed by atoms with Crippen molar-refractivity contribution in [2.45, 2.75) is 26.1 Å². The summed E-state index contributed by atoms with van der Waals surface area (Å²) in [5.74, 6) is -1.88. The van der Waals surface area contributed by atoms with Gasteiger partial charge in [0, 0.05) is 6.61 Å². The van der Waals surface area contributed by atoms with Crippen LogP contribution in [0.2, 0.25) is 0 Å². The fourth-order valence-corrected chi connectivity index (χ4v) is 1.32. The molecule has 15 heavy (non-hydrogen) atoms. The molecule has 0 aromatic heterocycles. The van der Waals surface area contributed by atoms with Crippen molar-refractivity contribution in [2.24, 2.45) is 0 Å². The quantitative estimate of drug-likeness (QED) is 0.837. The summed E-state index contributed by atoms with van der Waals surface area (Å²) in [4.78, 5) is 0. The zero-order chi connectivity index (χ0) is 11.4. The number of aliphatic hydroxyl groups is 1. The van der Waals surface area contributed by atoms with Crippen molar-refractivity contribution < 1.29 is 18.6 Å². The lowest BCUT2D eigenvalue weighted by atomic mass is 10.1. The van der Waals surface area contributed by atoms with Crippen LogP contribution in [-0.4, -0.2) is 17.8 Å². The van der Waals surface area contributed by atoms with Gasteiger partial charge in [-0.2, -0.15) is 0 Å². The maximum absolute atomic E-state index is 12.9. The summed E-state index contributed by atoms with van der Waals surface area (Å²) in [5.41, 5.74) is 0.315. The molecule has 4 heteroatoms. The van der Waals surface area contributed by atoms with E-state index < -0.39 is 23.8 Å². The number of rotatable bonds is 4. The molecule has 1 aromatic carbocycles. The molecule has 0 bridgehead atoms. The van der Waals surface area contributed by atoms with Gasteiger partial charge in [0.1, 0.15) is 6.10 Å². The number of hydrogen-bond donors (Lipinski definition) is 1. The number of aliphatic hydroxyl groups excluding tert-OH is 1. The average Bonchev–Trinajstić information content (AvgIpc) is 2.21. The predicted molar refractivity (Wildman–Crippen MR) is 52.4 cm³/mol. The first-order chi connectivity index (χ1) is 7.06. The van der Waals surface area contributed by atoms with Gasteiger partial charge in [0.05, 0.1) is 6.10 Å². The van der Waals surface area contributed by atoms with E-state index in [2.05, 4.69) is 0 Å². The van der Waals surface area contributed by atoms with Gasteiger partial charge in [0.15, 0.2) is 11.6 Å².